The minimum absolute atomic E-state index is 0.0374. The van der Waals surface area contributed by atoms with Crippen LogP contribution < -0.4 is 5.32 Å². The second-order valence-corrected chi connectivity index (χ2v) is 10.3. The molecule has 32 heavy (non-hydrogen) atoms. The van der Waals surface area contributed by atoms with E-state index in [4.69, 9.17) is 16.7 Å². The first-order chi connectivity index (χ1) is 15.3. The molecule has 2 aliphatic rings. The summed E-state index contributed by atoms with van der Waals surface area (Å²) in [6.45, 7) is 6.94. The molecule has 1 aromatic heterocycles. The number of nitrogens with zero attached hydrogens (tertiary/aromatic N) is 3. The number of hydrogen-bond donors (Lipinski definition) is 2. The third-order valence-electron chi connectivity index (χ3n) is 7.02. The van der Waals surface area contributed by atoms with Crippen LogP contribution in [0.3, 0.4) is 0 Å². The zero-order chi connectivity index (χ0) is 22.9. The van der Waals surface area contributed by atoms with E-state index >= 15 is 0 Å². The van der Waals surface area contributed by atoms with Gasteiger partial charge in [-0.2, -0.15) is 5.10 Å². The number of rotatable bonds is 5. The van der Waals surface area contributed by atoms with Crippen LogP contribution in [0.15, 0.2) is 30.3 Å². The maximum Gasteiger partial charge on any atom is 0.242 e. The molecule has 2 N–H and O–H groups in total. The highest BCUT2D eigenvalue weighted by molar-refractivity contribution is 6.30. The standard InChI is InChI=1S/C25H35ClN4O2/c1-17(2)21-14-22-23(31)29(15-18-10-12-19(26)13-11-18)25(3,16-30(22)28-21)24(32)27-20-8-6-4-5-7-9-20/h10-14,17,20,23,31H,4-9,15-16H2,1-3H3,(H,27,32). The van der Waals surface area contributed by atoms with Crippen LogP contribution in [0, 0.1) is 0 Å². The molecule has 0 bridgehead atoms. The lowest BCUT2D eigenvalue weighted by Gasteiger charge is -2.46. The fraction of sp³-hybridized carbons (Fsp3) is 0.600. The van der Waals surface area contributed by atoms with Crippen molar-refractivity contribution in [3.8, 4) is 0 Å². The van der Waals surface area contributed by atoms with Crippen LogP contribution in [0.25, 0.3) is 0 Å². The van der Waals surface area contributed by atoms with Crippen molar-refractivity contribution in [1.82, 2.24) is 20.0 Å². The molecule has 2 aromatic rings. The van der Waals surface area contributed by atoms with Crippen LogP contribution in [-0.2, 0) is 17.9 Å². The molecule has 7 heteroatoms. The van der Waals surface area contributed by atoms with Gasteiger partial charge in [-0.1, -0.05) is 63.3 Å². The van der Waals surface area contributed by atoms with E-state index in [1.807, 2.05) is 46.8 Å². The highest BCUT2D eigenvalue weighted by Gasteiger charge is 2.48. The maximum absolute atomic E-state index is 13.7. The fourth-order valence-corrected chi connectivity index (χ4v) is 5.02. The van der Waals surface area contributed by atoms with E-state index in [2.05, 4.69) is 19.2 Å². The van der Waals surface area contributed by atoms with Crippen molar-refractivity contribution in [3.05, 3.63) is 52.3 Å². The number of nitrogens with one attached hydrogen (secondary N) is 1. The van der Waals surface area contributed by atoms with Crippen molar-refractivity contribution >= 4 is 17.5 Å². The Kier molecular flexibility index (Phi) is 6.94. The Balaban J connectivity index is 1.66. The normalized spacial score (nSPS) is 24.9. The zero-order valence-electron chi connectivity index (χ0n) is 19.4. The van der Waals surface area contributed by atoms with Gasteiger partial charge in [0.1, 0.15) is 5.54 Å². The summed E-state index contributed by atoms with van der Waals surface area (Å²) in [6, 6.07) is 9.75. The lowest BCUT2D eigenvalue weighted by atomic mass is 9.92. The van der Waals surface area contributed by atoms with Gasteiger partial charge in [0, 0.05) is 17.6 Å². The van der Waals surface area contributed by atoms with E-state index in [1.165, 1.54) is 12.8 Å². The molecule has 1 aromatic carbocycles. The fourth-order valence-electron chi connectivity index (χ4n) is 4.89. The number of aliphatic hydroxyl groups excluding tert-OH is 1. The molecule has 0 radical (unpaired) electrons. The van der Waals surface area contributed by atoms with Crippen molar-refractivity contribution < 1.29 is 9.90 Å². The predicted molar refractivity (Wildman–Crippen MR) is 126 cm³/mol. The zero-order valence-corrected chi connectivity index (χ0v) is 20.1. The first kappa shape index (κ1) is 23.3. The summed E-state index contributed by atoms with van der Waals surface area (Å²) in [4.78, 5) is 15.6. The molecule has 174 valence electrons. The third-order valence-corrected chi connectivity index (χ3v) is 7.27. The average molecular weight is 459 g/mol. The molecule has 1 saturated carbocycles. The lowest BCUT2D eigenvalue weighted by molar-refractivity contribution is -0.153. The number of aromatic nitrogens is 2. The third kappa shape index (κ3) is 4.73. The van der Waals surface area contributed by atoms with E-state index < -0.39 is 11.8 Å². The lowest BCUT2D eigenvalue weighted by Crippen LogP contribution is -2.63. The molecule has 1 aliphatic carbocycles. The van der Waals surface area contributed by atoms with E-state index in [0.717, 1.165) is 42.6 Å². The smallest absolute Gasteiger partial charge is 0.242 e. The molecule has 0 spiro atoms. The number of halogens is 1. The van der Waals surface area contributed by atoms with E-state index in [-0.39, 0.29) is 17.9 Å². The number of aliphatic hydroxyl groups is 1. The van der Waals surface area contributed by atoms with Crippen molar-refractivity contribution in [2.24, 2.45) is 0 Å². The van der Waals surface area contributed by atoms with Gasteiger partial charge in [-0.05, 0) is 49.4 Å². The summed E-state index contributed by atoms with van der Waals surface area (Å²) in [5.74, 6) is 0.209. The molecular weight excluding hydrogens is 424 g/mol. The van der Waals surface area contributed by atoms with Crippen molar-refractivity contribution in [2.45, 2.75) is 96.1 Å². The summed E-state index contributed by atoms with van der Waals surface area (Å²) >= 11 is 6.07. The Morgan fingerprint density at radius 3 is 2.50 bits per heavy atom. The van der Waals surface area contributed by atoms with Gasteiger partial charge < -0.3 is 10.4 Å². The number of fused-ring (bicyclic) bond motifs is 1. The van der Waals surface area contributed by atoms with Gasteiger partial charge in [-0.3, -0.25) is 14.4 Å². The number of benzene rings is 1. The minimum Gasteiger partial charge on any atom is -0.372 e. The van der Waals surface area contributed by atoms with E-state index in [1.54, 1.807) is 0 Å². The summed E-state index contributed by atoms with van der Waals surface area (Å²) in [5, 5.41) is 20.1. The topological polar surface area (TPSA) is 70.4 Å². The Bertz CT molecular complexity index is 934. The Morgan fingerprint density at radius 2 is 1.88 bits per heavy atom. The van der Waals surface area contributed by atoms with E-state index in [0.29, 0.717) is 18.1 Å². The van der Waals surface area contributed by atoms with E-state index in [9.17, 15) is 9.90 Å². The van der Waals surface area contributed by atoms with Gasteiger partial charge >= 0.3 is 0 Å². The first-order valence-electron chi connectivity index (χ1n) is 11.9. The molecule has 2 unspecified atom stereocenters. The summed E-state index contributed by atoms with van der Waals surface area (Å²) < 4.78 is 1.82. The monoisotopic (exact) mass is 458 g/mol. The molecule has 2 heterocycles. The molecule has 1 amide bonds. The molecule has 1 fully saturated rings. The van der Waals surface area contributed by atoms with Crippen LogP contribution in [0.2, 0.25) is 5.02 Å². The number of hydrogen-bond acceptors (Lipinski definition) is 4. The number of amides is 1. The predicted octanol–water partition coefficient (Wildman–Crippen LogP) is 4.76. The second-order valence-electron chi connectivity index (χ2n) is 9.87. The largest absolute Gasteiger partial charge is 0.372 e. The second kappa shape index (κ2) is 9.54. The van der Waals surface area contributed by atoms with Gasteiger partial charge in [-0.25, -0.2) is 0 Å². The molecule has 1 aliphatic heterocycles. The van der Waals surface area contributed by atoms with Gasteiger partial charge in [-0.15, -0.1) is 0 Å². The van der Waals surface area contributed by atoms with Crippen molar-refractivity contribution in [3.63, 3.8) is 0 Å². The van der Waals surface area contributed by atoms with Crippen molar-refractivity contribution in [1.29, 1.82) is 0 Å². The van der Waals surface area contributed by atoms with Gasteiger partial charge in [0.15, 0.2) is 6.23 Å². The van der Waals surface area contributed by atoms with Crippen LogP contribution in [0.1, 0.15) is 88.4 Å². The summed E-state index contributed by atoms with van der Waals surface area (Å²) in [5.41, 5.74) is 1.74. The highest BCUT2D eigenvalue weighted by Crippen LogP contribution is 2.37. The van der Waals surface area contributed by atoms with Gasteiger partial charge in [0.25, 0.3) is 0 Å². The van der Waals surface area contributed by atoms with Gasteiger partial charge in [0.05, 0.1) is 17.9 Å². The number of carbonyl (C=O) groups excluding carboxylic acids is 1. The highest BCUT2D eigenvalue weighted by atomic mass is 35.5. The number of carbonyl (C=O) groups is 1. The Morgan fingerprint density at radius 1 is 1.22 bits per heavy atom. The summed E-state index contributed by atoms with van der Waals surface area (Å²) in [7, 11) is 0. The van der Waals surface area contributed by atoms with Gasteiger partial charge in [0.2, 0.25) is 5.91 Å². The molecular formula is C25H35ClN4O2. The summed E-state index contributed by atoms with van der Waals surface area (Å²) in [6.07, 6.45) is 5.89. The van der Waals surface area contributed by atoms with Crippen LogP contribution in [-0.4, -0.2) is 37.3 Å². The van der Waals surface area contributed by atoms with Crippen LogP contribution >= 0.6 is 11.6 Å². The Labute approximate surface area is 195 Å². The molecule has 2 atom stereocenters. The maximum atomic E-state index is 13.7. The minimum atomic E-state index is -0.932. The average Bonchev–Trinajstić information content (AvgIpc) is 3.02. The van der Waals surface area contributed by atoms with Crippen LogP contribution in [0.5, 0.6) is 0 Å². The van der Waals surface area contributed by atoms with Crippen LogP contribution in [0.4, 0.5) is 0 Å². The molecule has 0 saturated heterocycles. The SMILES string of the molecule is CC(C)c1cc2n(n1)CC(C)(C(=O)NC1CCCCCC1)N(Cc1ccc(Cl)cc1)C2O. The van der Waals surface area contributed by atoms with Crippen molar-refractivity contribution in [2.75, 3.05) is 0 Å². The first-order valence-corrected chi connectivity index (χ1v) is 12.2. The quantitative estimate of drug-likeness (QED) is 0.633. The molecule has 6 nitrogen and oxygen atoms in total. The Hall–Kier alpha value is -1.89. The molecule has 4 rings (SSSR count).